The van der Waals surface area contributed by atoms with Gasteiger partial charge in [0.15, 0.2) is 5.96 Å². The van der Waals surface area contributed by atoms with Crippen LogP contribution in [0.2, 0.25) is 0 Å². The lowest BCUT2D eigenvalue weighted by molar-refractivity contribution is 0.460. The quantitative estimate of drug-likeness (QED) is 0.543. The lowest BCUT2D eigenvalue weighted by Gasteiger charge is -2.33. The van der Waals surface area contributed by atoms with Crippen molar-refractivity contribution in [3.05, 3.63) is 47.6 Å². The molecule has 5 nitrogen and oxygen atoms in total. The van der Waals surface area contributed by atoms with E-state index in [0.717, 1.165) is 45.0 Å². The van der Waals surface area contributed by atoms with Crippen LogP contribution in [0.4, 0.5) is 5.00 Å². The normalized spacial score (nSPS) is 17.0. The number of aromatic nitrogens is 1. The Morgan fingerprint density at radius 3 is 2.71 bits per heavy atom. The van der Waals surface area contributed by atoms with Crippen molar-refractivity contribution in [3.8, 4) is 0 Å². The van der Waals surface area contributed by atoms with Gasteiger partial charge in [-0.3, -0.25) is 9.98 Å². The lowest BCUT2D eigenvalue weighted by atomic mass is 9.89. The summed E-state index contributed by atoms with van der Waals surface area (Å²) in [5.74, 6) is 1.83. The molecule has 0 saturated carbocycles. The third kappa shape index (κ3) is 5.71. The molecule has 1 saturated heterocycles. The van der Waals surface area contributed by atoms with Gasteiger partial charge in [-0.25, -0.2) is 0 Å². The number of nitrogens with one attached hydrogen (secondary N) is 2. The van der Waals surface area contributed by atoms with Gasteiger partial charge >= 0.3 is 0 Å². The van der Waals surface area contributed by atoms with Gasteiger partial charge in [-0.05, 0) is 54.8 Å². The molecule has 3 rings (SSSR count). The second-order valence-corrected chi connectivity index (χ2v) is 8.64. The molecule has 2 N–H and O–H groups in total. The standard InChI is InChI=1S/C22H33N5S/c1-4-24-22(25-16-20(17(2)3)18-7-5-11-23-15-18)26-19-9-12-27(13-10-19)21-8-6-14-28-21/h5-8,11,14-15,17,19-20H,4,9-10,12-13,16H2,1-3H3,(H2,24,25,26). The maximum atomic E-state index is 4.93. The van der Waals surface area contributed by atoms with Gasteiger partial charge in [0, 0.05) is 50.5 Å². The minimum absolute atomic E-state index is 0.379. The number of hydrogen-bond acceptors (Lipinski definition) is 4. The predicted molar refractivity (Wildman–Crippen MR) is 120 cm³/mol. The number of hydrogen-bond donors (Lipinski definition) is 2. The van der Waals surface area contributed by atoms with Crippen LogP contribution in [-0.2, 0) is 0 Å². The highest BCUT2D eigenvalue weighted by Gasteiger charge is 2.21. The van der Waals surface area contributed by atoms with Gasteiger partial charge in [0.2, 0.25) is 0 Å². The smallest absolute Gasteiger partial charge is 0.191 e. The van der Waals surface area contributed by atoms with Crippen LogP contribution in [0.5, 0.6) is 0 Å². The maximum absolute atomic E-state index is 4.93. The van der Waals surface area contributed by atoms with Crippen molar-refractivity contribution in [1.82, 2.24) is 15.6 Å². The van der Waals surface area contributed by atoms with E-state index in [4.69, 9.17) is 4.99 Å². The van der Waals surface area contributed by atoms with E-state index >= 15 is 0 Å². The van der Waals surface area contributed by atoms with Crippen LogP contribution >= 0.6 is 11.3 Å². The van der Waals surface area contributed by atoms with Crippen LogP contribution < -0.4 is 15.5 Å². The summed E-state index contributed by atoms with van der Waals surface area (Å²) in [6.07, 6.45) is 6.08. The summed E-state index contributed by atoms with van der Waals surface area (Å²) in [5.41, 5.74) is 1.27. The molecule has 0 bridgehead atoms. The molecule has 0 amide bonds. The summed E-state index contributed by atoms with van der Waals surface area (Å²) in [6.45, 7) is 10.5. The Morgan fingerprint density at radius 2 is 2.11 bits per heavy atom. The minimum atomic E-state index is 0.379. The van der Waals surface area contributed by atoms with E-state index in [9.17, 15) is 0 Å². The fourth-order valence-corrected chi connectivity index (χ4v) is 4.48. The zero-order valence-electron chi connectivity index (χ0n) is 17.3. The average molecular weight is 400 g/mol. The largest absolute Gasteiger partial charge is 0.363 e. The maximum Gasteiger partial charge on any atom is 0.191 e. The fourth-order valence-electron chi connectivity index (χ4n) is 3.69. The van der Waals surface area contributed by atoms with E-state index in [2.05, 4.69) is 64.9 Å². The van der Waals surface area contributed by atoms with Crippen LogP contribution in [0, 0.1) is 5.92 Å². The molecule has 0 radical (unpaired) electrons. The molecule has 1 atom stereocenters. The highest BCUT2D eigenvalue weighted by Crippen LogP contribution is 2.25. The van der Waals surface area contributed by atoms with Crippen molar-refractivity contribution in [2.75, 3.05) is 31.1 Å². The van der Waals surface area contributed by atoms with E-state index in [1.807, 2.05) is 29.8 Å². The van der Waals surface area contributed by atoms with E-state index in [1.54, 1.807) is 0 Å². The zero-order valence-corrected chi connectivity index (χ0v) is 18.1. The molecule has 0 spiro atoms. The van der Waals surface area contributed by atoms with Crippen molar-refractivity contribution in [1.29, 1.82) is 0 Å². The molecule has 152 valence electrons. The van der Waals surface area contributed by atoms with Gasteiger partial charge in [0.25, 0.3) is 0 Å². The number of pyridine rings is 1. The van der Waals surface area contributed by atoms with Gasteiger partial charge in [-0.1, -0.05) is 19.9 Å². The number of guanidine groups is 1. The van der Waals surface area contributed by atoms with E-state index in [-0.39, 0.29) is 0 Å². The summed E-state index contributed by atoms with van der Waals surface area (Å²) in [4.78, 5) is 11.7. The topological polar surface area (TPSA) is 52.6 Å². The van der Waals surface area contributed by atoms with Gasteiger partial charge < -0.3 is 15.5 Å². The number of nitrogens with zero attached hydrogens (tertiary/aromatic N) is 3. The molecule has 28 heavy (non-hydrogen) atoms. The third-order valence-corrected chi connectivity index (χ3v) is 6.29. The van der Waals surface area contributed by atoms with Crippen molar-refractivity contribution >= 4 is 22.3 Å². The van der Waals surface area contributed by atoms with Gasteiger partial charge in [-0.15, -0.1) is 11.3 Å². The number of piperidine rings is 1. The molecular weight excluding hydrogens is 366 g/mol. The Morgan fingerprint density at radius 1 is 1.29 bits per heavy atom. The predicted octanol–water partition coefficient (Wildman–Crippen LogP) is 4.11. The number of thiophene rings is 1. The van der Waals surface area contributed by atoms with Crippen molar-refractivity contribution < 1.29 is 0 Å². The molecule has 6 heteroatoms. The molecule has 1 fully saturated rings. The Kier molecular flexibility index (Phi) is 7.71. The molecule has 0 aromatic carbocycles. The average Bonchev–Trinajstić information content (AvgIpc) is 3.24. The first-order valence-electron chi connectivity index (χ1n) is 10.4. The molecule has 0 aliphatic carbocycles. The van der Waals surface area contributed by atoms with Crippen molar-refractivity contribution in [3.63, 3.8) is 0 Å². The first kappa shape index (κ1) is 20.6. The second-order valence-electron chi connectivity index (χ2n) is 7.71. The molecule has 1 unspecified atom stereocenters. The number of anilines is 1. The van der Waals surface area contributed by atoms with Crippen LogP contribution in [0.15, 0.2) is 47.0 Å². The lowest BCUT2D eigenvalue weighted by Crippen LogP contribution is -2.48. The summed E-state index contributed by atoms with van der Waals surface area (Å²) >= 11 is 1.83. The highest BCUT2D eigenvalue weighted by atomic mass is 32.1. The Balaban J connectivity index is 1.58. The summed E-state index contributed by atoms with van der Waals surface area (Å²) < 4.78 is 0. The van der Waals surface area contributed by atoms with Crippen LogP contribution in [-0.4, -0.2) is 43.2 Å². The van der Waals surface area contributed by atoms with Crippen molar-refractivity contribution in [2.45, 2.75) is 45.6 Å². The van der Waals surface area contributed by atoms with Crippen LogP contribution in [0.25, 0.3) is 0 Å². The SMILES string of the molecule is CCNC(=NCC(c1cccnc1)C(C)C)NC1CCN(c2cccs2)CC1. The summed E-state index contributed by atoms with van der Waals surface area (Å²) in [6, 6.07) is 9.00. The van der Waals surface area contributed by atoms with Gasteiger partial charge in [-0.2, -0.15) is 0 Å². The summed E-state index contributed by atoms with van der Waals surface area (Å²) in [5, 5.41) is 10.6. The Labute approximate surface area is 173 Å². The molecular formula is C22H33N5S. The summed E-state index contributed by atoms with van der Waals surface area (Å²) in [7, 11) is 0. The minimum Gasteiger partial charge on any atom is -0.363 e. The van der Waals surface area contributed by atoms with Gasteiger partial charge in [0.1, 0.15) is 0 Å². The molecule has 1 aliphatic rings. The third-order valence-electron chi connectivity index (χ3n) is 5.36. The number of rotatable bonds is 7. The molecule has 2 aromatic rings. The monoisotopic (exact) mass is 399 g/mol. The zero-order chi connectivity index (χ0) is 19.8. The van der Waals surface area contributed by atoms with E-state index in [0.29, 0.717) is 17.9 Å². The van der Waals surface area contributed by atoms with Crippen molar-refractivity contribution in [2.24, 2.45) is 10.9 Å². The molecule has 3 heterocycles. The Hall–Kier alpha value is -2.08. The van der Waals surface area contributed by atoms with E-state index in [1.165, 1.54) is 10.6 Å². The number of aliphatic imine (C=N–C) groups is 1. The van der Waals surface area contributed by atoms with Crippen LogP contribution in [0.1, 0.15) is 45.1 Å². The molecule has 1 aliphatic heterocycles. The first-order chi connectivity index (χ1) is 13.7. The fraction of sp³-hybridized carbons (Fsp3) is 0.545. The van der Waals surface area contributed by atoms with Gasteiger partial charge in [0.05, 0.1) is 5.00 Å². The Bertz CT molecular complexity index is 706. The highest BCUT2D eigenvalue weighted by molar-refractivity contribution is 7.14. The van der Waals surface area contributed by atoms with Crippen LogP contribution in [0.3, 0.4) is 0 Å². The molecule has 2 aromatic heterocycles. The first-order valence-corrected chi connectivity index (χ1v) is 11.3. The van der Waals surface area contributed by atoms with E-state index < -0.39 is 0 Å². The second kappa shape index (κ2) is 10.5.